The van der Waals surface area contributed by atoms with Crippen molar-refractivity contribution in [1.29, 1.82) is 0 Å². The number of anilines is 3. The van der Waals surface area contributed by atoms with Crippen LogP contribution in [-0.2, 0) is 11.8 Å². The molecule has 3 aromatic heterocycles. The predicted molar refractivity (Wildman–Crippen MR) is 143 cm³/mol. The summed E-state index contributed by atoms with van der Waals surface area (Å²) in [5.41, 5.74) is 5.60. The average Bonchev–Trinajstić information content (AvgIpc) is 3.27. The second kappa shape index (κ2) is 9.02. The standard InChI is InChI=1S/C28H25N7O2/c1-17-5-4-12-35(28(17)36)25-11-8-21-26(33-25)27(30-15-29-21)32-19-6-10-24(18(2)13-19)37-20-7-9-23-22(14-20)31-16-34(23)3/h6-11,13-16H,1,4-5,12H2,2-3H3,(H,29,30,32). The third-order valence-electron chi connectivity index (χ3n) is 6.51. The Morgan fingerprint density at radius 2 is 1.92 bits per heavy atom. The molecule has 0 saturated carbocycles. The smallest absolute Gasteiger partial charge is 0.254 e. The Kier molecular flexibility index (Phi) is 5.52. The molecule has 1 aliphatic heterocycles. The summed E-state index contributed by atoms with van der Waals surface area (Å²) >= 11 is 0. The Morgan fingerprint density at radius 1 is 1.03 bits per heavy atom. The summed E-state index contributed by atoms with van der Waals surface area (Å²) in [7, 11) is 1.97. The van der Waals surface area contributed by atoms with Crippen LogP contribution in [0.3, 0.4) is 0 Å². The molecule has 1 fully saturated rings. The summed E-state index contributed by atoms with van der Waals surface area (Å²) in [5.74, 6) is 2.52. The van der Waals surface area contributed by atoms with Crippen LogP contribution in [0.25, 0.3) is 22.1 Å². The number of carbonyl (C=O) groups excluding carboxylic acids is 1. The number of nitrogens with one attached hydrogen (secondary N) is 1. The largest absolute Gasteiger partial charge is 0.457 e. The monoisotopic (exact) mass is 491 g/mol. The Bertz CT molecular complexity index is 1690. The average molecular weight is 492 g/mol. The van der Waals surface area contributed by atoms with Gasteiger partial charge in [0.25, 0.3) is 5.91 Å². The maximum absolute atomic E-state index is 12.6. The van der Waals surface area contributed by atoms with Gasteiger partial charge < -0.3 is 14.6 Å². The summed E-state index contributed by atoms with van der Waals surface area (Å²) in [4.78, 5) is 32.2. The van der Waals surface area contributed by atoms with E-state index in [0.29, 0.717) is 34.8 Å². The molecule has 1 saturated heterocycles. The van der Waals surface area contributed by atoms with Crippen LogP contribution in [0.15, 0.2) is 73.3 Å². The second-order valence-electron chi connectivity index (χ2n) is 9.14. The van der Waals surface area contributed by atoms with Crippen LogP contribution in [0, 0.1) is 6.92 Å². The van der Waals surface area contributed by atoms with Crippen molar-refractivity contribution in [2.45, 2.75) is 19.8 Å². The minimum absolute atomic E-state index is 0.0853. The van der Waals surface area contributed by atoms with E-state index in [-0.39, 0.29) is 5.91 Å². The zero-order chi connectivity index (χ0) is 25.5. The van der Waals surface area contributed by atoms with E-state index in [9.17, 15) is 4.79 Å². The van der Waals surface area contributed by atoms with Crippen LogP contribution in [0.4, 0.5) is 17.3 Å². The zero-order valence-electron chi connectivity index (χ0n) is 20.6. The lowest BCUT2D eigenvalue weighted by Crippen LogP contribution is -2.37. The molecule has 2 aromatic carbocycles. The van der Waals surface area contributed by atoms with Crippen molar-refractivity contribution >= 4 is 45.3 Å². The van der Waals surface area contributed by atoms with E-state index in [4.69, 9.17) is 9.72 Å². The van der Waals surface area contributed by atoms with E-state index in [0.717, 1.165) is 46.6 Å². The fraction of sp³-hybridized carbons (Fsp3) is 0.179. The third kappa shape index (κ3) is 4.24. The summed E-state index contributed by atoms with van der Waals surface area (Å²) in [6, 6.07) is 15.4. The molecule has 6 rings (SSSR count). The predicted octanol–water partition coefficient (Wildman–Crippen LogP) is 5.44. The Labute approximate surface area is 213 Å². The fourth-order valence-corrected chi connectivity index (χ4v) is 4.52. The number of benzene rings is 2. The quantitative estimate of drug-likeness (QED) is 0.327. The van der Waals surface area contributed by atoms with Crippen LogP contribution < -0.4 is 15.0 Å². The molecule has 37 heavy (non-hydrogen) atoms. The van der Waals surface area contributed by atoms with Crippen molar-refractivity contribution in [2.75, 3.05) is 16.8 Å². The molecule has 0 bridgehead atoms. The van der Waals surface area contributed by atoms with E-state index in [2.05, 4.69) is 26.8 Å². The number of hydrogen-bond acceptors (Lipinski definition) is 7. The number of aromatic nitrogens is 5. The molecular weight excluding hydrogens is 466 g/mol. The number of pyridine rings is 1. The van der Waals surface area contributed by atoms with Gasteiger partial charge in [0.05, 0.1) is 22.9 Å². The first-order valence-corrected chi connectivity index (χ1v) is 12.0. The lowest BCUT2D eigenvalue weighted by Gasteiger charge is -2.27. The van der Waals surface area contributed by atoms with Crippen molar-refractivity contribution in [2.24, 2.45) is 7.05 Å². The Morgan fingerprint density at radius 3 is 2.78 bits per heavy atom. The molecule has 0 unspecified atom stereocenters. The Balaban J connectivity index is 1.26. The number of aryl methyl sites for hydroxylation is 2. The van der Waals surface area contributed by atoms with E-state index < -0.39 is 0 Å². The van der Waals surface area contributed by atoms with Crippen molar-refractivity contribution in [3.63, 3.8) is 0 Å². The van der Waals surface area contributed by atoms with Crippen LogP contribution in [0.2, 0.25) is 0 Å². The molecular formula is C28H25N7O2. The molecule has 0 atom stereocenters. The van der Waals surface area contributed by atoms with Gasteiger partial charge in [-0.05, 0) is 67.8 Å². The number of imidazole rings is 1. The first-order valence-electron chi connectivity index (χ1n) is 12.0. The molecule has 184 valence electrons. The van der Waals surface area contributed by atoms with E-state index >= 15 is 0 Å². The first kappa shape index (κ1) is 22.7. The van der Waals surface area contributed by atoms with E-state index in [1.807, 2.05) is 67.1 Å². The molecule has 0 radical (unpaired) electrons. The van der Waals surface area contributed by atoms with Gasteiger partial charge in [-0.15, -0.1) is 0 Å². The number of nitrogens with zero attached hydrogens (tertiary/aromatic N) is 6. The molecule has 0 aliphatic carbocycles. The number of rotatable bonds is 5. The number of amides is 1. The number of hydrogen-bond donors (Lipinski definition) is 1. The molecule has 9 heteroatoms. The first-order chi connectivity index (χ1) is 18.0. The number of ether oxygens (including phenoxy) is 1. The molecule has 0 spiro atoms. The van der Waals surface area contributed by atoms with Gasteiger partial charge in [0, 0.05) is 30.9 Å². The minimum atomic E-state index is -0.0853. The number of carbonyl (C=O) groups is 1. The number of piperidine rings is 1. The van der Waals surface area contributed by atoms with Crippen LogP contribution in [0.5, 0.6) is 11.5 Å². The summed E-state index contributed by atoms with van der Waals surface area (Å²) in [5, 5.41) is 3.35. The summed E-state index contributed by atoms with van der Waals surface area (Å²) in [6.07, 6.45) is 4.87. The van der Waals surface area contributed by atoms with Crippen molar-refractivity contribution < 1.29 is 9.53 Å². The van der Waals surface area contributed by atoms with Gasteiger partial charge in [0.15, 0.2) is 5.82 Å². The van der Waals surface area contributed by atoms with Crippen LogP contribution in [0.1, 0.15) is 18.4 Å². The van der Waals surface area contributed by atoms with Crippen LogP contribution in [-0.4, -0.2) is 37.0 Å². The molecule has 1 N–H and O–H groups in total. The molecule has 5 aromatic rings. The van der Waals surface area contributed by atoms with E-state index in [1.54, 1.807) is 11.2 Å². The van der Waals surface area contributed by atoms with Crippen molar-refractivity contribution in [3.05, 3.63) is 78.9 Å². The SMILES string of the molecule is C=C1CCCN(c2ccc3ncnc(Nc4ccc(Oc5ccc6c(c5)ncn6C)c(C)c4)c3n2)C1=O. The minimum Gasteiger partial charge on any atom is -0.457 e. The highest BCUT2D eigenvalue weighted by molar-refractivity contribution is 6.06. The van der Waals surface area contributed by atoms with E-state index in [1.165, 1.54) is 6.33 Å². The lowest BCUT2D eigenvalue weighted by atomic mass is 10.1. The topological polar surface area (TPSA) is 98.1 Å². The van der Waals surface area contributed by atoms with Crippen molar-refractivity contribution in [1.82, 2.24) is 24.5 Å². The molecule has 1 amide bonds. The highest BCUT2D eigenvalue weighted by atomic mass is 16.5. The van der Waals surface area contributed by atoms with Gasteiger partial charge in [-0.2, -0.15) is 0 Å². The third-order valence-corrected chi connectivity index (χ3v) is 6.51. The maximum Gasteiger partial charge on any atom is 0.254 e. The highest BCUT2D eigenvalue weighted by Gasteiger charge is 2.24. The zero-order valence-corrected chi connectivity index (χ0v) is 20.6. The molecule has 4 heterocycles. The normalized spacial score (nSPS) is 13.9. The maximum atomic E-state index is 12.6. The van der Waals surface area contributed by atoms with Crippen LogP contribution >= 0.6 is 0 Å². The van der Waals surface area contributed by atoms with Gasteiger partial charge in [-0.25, -0.2) is 19.9 Å². The fourth-order valence-electron chi connectivity index (χ4n) is 4.52. The van der Waals surface area contributed by atoms with Gasteiger partial charge in [-0.3, -0.25) is 9.69 Å². The van der Waals surface area contributed by atoms with Gasteiger partial charge in [-0.1, -0.05) is 6.58 Å². The second-order valence-corrected chi connectivity index (χ2v) is 9.14. The lowest BCUT2D eigenvalue weighted by molar-refractivity contribution is -0.115. The summed E-state index contributed by atoms with van der Waals surface area (Å²) < 4.78 is 8.12. The van der Waals surface area contributed by atoms with Gasteiger partial charge >= 0.3 is 0 Å². The number of fused-ring (bicyclic) bond motifs is 2. The summed E-state index contributed by atoms with van der Waals surface area (Å²) in [6.45, 7) is 6.49. The van der Waals surface area contributed by atoms with Gasteiger partial charge in [0.2, 0.25) is 0 Å². The molecule has 9 nitrogen and oxygen atoms in total. The highest BCUT2D eigenvalue weighted by Crippen LogP contribution is 2.31. The van der Waals surface area contributed by atoms with Gasteiger partial charge in [0.1, 0.15) is 29.2 Å². The molecule has 1 aliphatic rings. The van der Waals surface area contributed by atoms with Crippen molar-refractivity contribution in [3.8, 4) is 11.5 Å². The Hall–Kier alpha value is -4.79.